The van der Waals surface area contributed by atoms with E-state index >= 15 is 0 Å². The molecule has 3 aromatic rings. The molecule has 1 atom stereocenters. The average molecular weight is 351 g/mol. The van der Waals surface area contributed by atoms with Gasteiger partial charge in [-0.25, -0.2) is 4.98 Å². The fraction of sp³-hybridized carbons (Fsp3) is 0.450. The minimum absolute atomic E-state index is 0.122. The summed E-state index contributed by atoms with van der Waals surface area (Å²) >= 11 is 0. The van der Waals surface area contributed by atoms with Crippen LogP contribution in [-0.4, -0.2) is 26.1 Å². The molecule has 0 unspecified atom stereocenters. The standard InChI is InChI=1S/C20H25N5O/c1-12(2)17(19-21-15-10-6-7-11-16(15)22-19)23-20(26)18-13-8-4-3-5-9-14(13)24-25-18/h6-7,10-12,17H,3-5,8-9H2,1-2H3,(H,21,22)(H,23,26)(H,24,25)/t17-/m1/s1. The van der Waals surface area contributed by atoms with E-state index in [-0.39, 0.29) is 17.9 Å². The van der Waals surface area contributed by atoms with Crippen molar-refractivity contribution in [2.75, 3.05) is 0 Å². The van der Waals surface area contributed by atoms with E-state index < -0.39 is 0 Å². The number of aromatic amines is 2. The number of carbonyl (C=O) groups is 1. The molecule has 1 aromatic carbocycles. The predicted molar refractivity (Wildman–Crippen MR) is 101 cm³/mol. The fourth-order valence-corrected chi connectivity index (χ4v) is 3.73. The molecular formula is C20H25N5O. The molecule has 3 N–H and O–H groups in total. The van der Waals surface area contributed by atoms with Crippen molar-refractivity contribution in [3.8, 4) is 0 Å². The van der Waals surface area contributed by atoms with Crippen LogP contribution in [0.15, 0.2) is 24.3 Å². The lowest BCUT2D eigenvalue weighted by Gasteiger charge is -2.20. The Balaban J connectivity index is 1.61. The number of nitrogens with zero attached hydrogens (tertiary/aromatic N) is 2. The second-order valence-corrected chi connectivity index (χ2v) is 7.42. The maximum Gasteiger partial charge on any atom is 0.272 e. The summed E-state index contributed by atoms with van der Waals surface area (Å²) in [6, 6.07) is 7.73. The Kier molecular flexibility index (Phi) is 4.49. The number of carbonyl (C=O) groups excluding carboxylic acids is 1. The fourth-order valence-electron chi connectivity index (χ4n) is 3.73. The van der Waals surface area contributed by atoms with Gasteiger partial charge in [0.2, 0.25) is 0 Å². The number of H-pyrrole nitrogens is 2. The third-order valence-electron chi connectivity index (χ3n) is 5.18. The van der Waals surface area contributed by atoms with Gasteiger partial charge in [0.05, 0.1) is 17.1 Å². The van der Waals surface area contributed by atoms with E-state index in [1.807, 2.05) is 24.3 Å². The first-order valence-electron chi connectivity index (χ1n) is 9.45. The van der Waals surface area contributed by atoms with Gasteiger partial charge in [-0.1, -0.05) is 32.4 Å². The largest absolute Gasteiger partial charge is 0.340 e. The molecule has 0 aliphatic heterocycles. The predicted octanol–water partition coefficient (Wildman–Crippen LogP) is 3.68. The van der Waals surface area contributed by atoms with Gasteiger partial charge in [0, 0.05) is 11.3 Å². The third-order valence-corrected chi connectivity index (χ3v) is 5.18. The molecule has 6 heteroatoms. The number of imidazole rings is 1. The number of nitrogens with one attached hydrogen (secondary N) is 3. The smallest absolute Gasteiger partial charge is 0.272 e. The molecule has 26 heavy (non-hydrogen) atoms. The summed E-state index contributed by atoms with van der Waals surface area (Å²) in [5.41, 5.74) is 4.65. The summed E-state index contributed by atoms with van der Waals surface area (Å²) in [6.45, 7) is 4.17. The molecule has 1 amide bonds. The van der Waals surface area contributed by atoms with E-state index in [1.54, 1.807) is 0 Å². The highest BCUT2D eigenvalue weighted by Crippen LogP contribution is 2.25. The number of benzene rings is 1. The van der Waals surface area contributed by atoms with Gasteiger partial charge in [-0.05, 0) is 43.7 Å². The van der Waals surface area contributed by atoms with Gasteiger partial charge in [0.15, 0.2) is 5.69 Å². The van der Waals surface area contributed by atoms with Gasteiger partial charge in [0.1, 0.15) is 5.82 Å². The summed E-state index contributed by atoms with van der Waals surface area (Å²) in [5.74, 6) is 0.872. The minimum Gasteiger partial charge on any atom is -0.340 e. The molecule has 6 nitrogen and oxygen atoms in total. The summed E-state index contributed by atoms with van der Waals surface area (Å²) in [6.07, 6.45) is 5.38. The molecule has 0 radical (unpaired) electrons. The molecule has 1 aliphatic rings. The van der Waals surface area contributed by atoms with E-state index in [4.69, 9.17) is 0 Å². The normalized spacial score (nSPS) is 15.7. The molecule has 2 heterocycles. The molecule has 1 aliphatic carbocycles. The highest BCUT2D eigenvalue weighted by Gasteiger charge is 2.26. The maximum atomic E-state index is 13.0. The van der Waals surface area contributed by atoms with E-state index in [1.165, 1.54) is 6.42 Å². The number of hydrogen-bond acceptors (Lipinski definition) is 3. The van der Waals surface area contributed by atoms with Crippen molar-refractivity contribution in [2.45, 2.75) is 52.0 Å². The Labute approximate surface area is 152 Å². The van der Waals surface area contributed by atoms with Gasteiger partial charge in [0.25, 0.3) is 5.91 Å². The van der Waals surface area contributed by atoms with E-state index in [9.17, 15) is 4.79 Å². The zero-order valence-corrected chi connectivity index (χ0v) is 15.3. The van der Waals surface area contributed by atoms with Crippen molar-refractivity contribution < 1.29 is 4.79 Å². The van der Waals surface area contributed by atoms with Crippen LogP contribution in [0, 0.1) is 5.92 Å². The van der Waals surface area contributed by atoms with Crippen molar-refractivity contribution in [1.29, 1.82) is 0 Å². The van der Waals surface area contributed by atoms with Gasteiger partial charge in [-0.3, -0.25) is 9.89 Å². The second-order valence-electron chi connectivity index (χ2n) is 7.42. The van der Waals surface area contributed by atoms with Crippen LogP contribution in [0.4, 0.5) is 0 Å². The van der Waals surface area contributed by atoms with Crippen LogP contribution in [0.1, 0.15) is 66.7 Å². The molecule has 0 fully saturated rings. The van der Waals surface area contributed by atoms with Crippen LogP contribution in [0.2, 0.25) is 0 Å². The second kappa shape index (κ2) is 6.94. The molecule has 0 saturated heterocycles. The Bertz CT molecular complexity index is 890. The van der Waals surface area contributed by atoms with Crippen molar-refractivity contribution in [2.24, 2.45) is 5.92 Å². The number of fused-ring (bicyclic) bond motifs is 2. The van der Waals surface area contributed by atoms with E-state index in [2.05, 4.69) is 39.3 Å². The lowest BCUT2D eigenvalue weighted by Crippen LogP contribution is -2.33. The molecule has 136 valence electrons. The SMILES string of the molecule is CC(C)[C@@H](NC(=O)c1n[nH]c2c1CCCCC2)c1nc2ccccc2[nH]1. The highest BCUT2D eigenvalue weighted by molar-refractivity contribution is 5.94. The highest BCUT2D eigenvalue weighted by atomic mass is 16.2. The van der Waals surface area contributed by atoms with Crippen LogP contribution in [0.3, 0.4) is 0 Å². The van der Waals surface area contributed by atoms with Gasteiger partial charge in [-0.15, -0.1) is 0 Å². The van der Waals surface area contributed by atoms with Crippen molar-refractivity contribution in [3.63, 3.8) is 0 Å². The van der Waals surface area contributed by atoms with Gasteiger partial charge < -0.3 is 10.3 Å². The summed E-state index contributed by atoms with van der Waals surface area (Å²) < 4.78 is 0. The molecular weight excluding hydrogens is 326 g/mol. The lowest BCUT2D eigenvalue weighted by molar-refractivity contribution is 0.0917. The first kappa shape index (κ1) is 16.8. The van der Waals surface area contributed by atoms with Crippen LogP contribution in [0.25, 0.3) is 11.0 Å². The molecule has 0 spiro atoms. The van der Waals surface area contributed by atoms with Crippen molar-refractivity contribution in [3.05, 3.63) is 47.0 Å². The van der Waals surface area contributed by atoms with Crippen LogP contribution in [-0.2, 0) is 12.8 Å². The number of amides is 1. The van der Waals surface area contributed by atoms with Gasteiger partial charge in [-0.2, -0.15) is 5.10 Å². The molecule has 2 aromatic heterocycles. The quantitative estimate of drug-likeness (QED) is 0.627. The Morgan fingerprint density at radius 2 is 1.96 bits per heavy atom. The first-order valence-corrected chi connectivity index (χ1v) is 9.45. The summed E-state index contributed by atoms with van der Waals surface area (Å²) in [4.78, 5) is 21.0. The Morgan fingerprint density at radius 3 is 2.77 bits per heavy atom. The van der Waals surface area contributed by atoms with E-state index in [0.29, 0.717) is 5.69 Å². The van der Waals surface area contributed by atoms with E-state index in [0.717, 1.165) is 53.8 Å². The molecule has 0 saturated carbocycles. The van der Waals surface area contributed by atoms with Crippen LogP contribution in [0.5, 0.6) is 0 Å². The zero-order valence-electron chi connectivity index (χ0n) is 15.3. The van der Waals surface area contributed by atoms with Crippen molar-refractivity contribution in [1.82, 2.24) is 25.5 Å². The van der Waals surface area contributed by atoms with Gasteiger partial charge >= 0.3 is 0 Å². The molecule has 0 bridgehead atoms. The number of rotatable bonds is 4. The van der Waals surface area contributed by atoms with Crippen LogP contribution < -0.4 is 5.32 Å². The zero-order chi connectivity index (χ0) is 18.1. The number of aromatic nitrogens is 4. The summed E-state index contributed by atoms with van der Waals surface area (Å²) in [7, 11) is 0. The monoisotopic (exact) mass is 351 g/mol. The maximum absolute atomic E-state index is 13.0. The van der Waals surface area contributed by atoms with Crippen molar-refractivity contribution >= 4 is 16.9 Å². The average Bonchev–Trinajstić information content (AvgIpc) is 3.16. The number of para-hydroxylation sites is 2. The number of aryl methyl sites for hydroxylation is 1. The van der Waals surface area contributed by atoms with Crippen LogP contribution >= 0.6 is 0 Å². The lowest BCUT2D eigenvalue weighted by atomic mass is 10.0. The number of hydrogen-bond donors (Lipinski definition) is 3. The Morgan fingerprint density at radius 1 is 1.15 bits per heavy atom. The molecule has 4 rings (SSSR count). The minimum atomic E-state index is -0.187. The topological polar surface area (TPSA) is 86.5 Å². The third kappa shape index (κ3) is 3.11. The Hall–Kier alpha value is -2.63. The summed E-state index contributed by atoms with van der Waals surface area (Å²) in [5, 5.41) is 10.5. The first-order chi connectivity index (χ1) is 12.6.